The van der Waals surface area contributed by atoms with Crippen LogP contribution in [0.25, 0.3) is 6.08 Å². The van der Waals surface area contributed by atoms with Crippen molar-refractivity contribution in [3.05, 3.63) is 53.1 Å². The number of carbonyl (C=O) groups excluding carboxylic acids is 2. The molecule has 0 atom stereocenters. The summed E-state index contributed by atoms with van der Waals surface area (Å²) < 4.78 is 10.9. The third-order valence-electron chi connectivity index (χ3n) is 3.60. The van der Waals surface area contributed by atoms with Crippen molar-refractivity contribution < 1.29 is 19.1 Å². The highest BCUT2D eigenvalue weighted by Gasteiger charge is 2.11. The summed E-state index contributed by atoms with van der Waals surface area (Å²) in [5.41, 5.74) is 1.98. The Labute approximate surface area is 169 Å². The van der Waals surface area contributed by atoms with Gasteiger partial charge < -0.3 is 20.1 Å². The lowest BCUT2D eigenvalue weighted by atomic mass is 10.2. The number of rotatable bonds is 8. The summed E-state index contributed by atoms with van der Waals surface area (Å²) in [5, 5.41) is 5.83. The Bertz CT molecular complexity index is 863. The number of nitrogens with one attached hydrogen (secondary N) is 2. The van der Waals surface area contributed by atoms with Gasteiger partial charge in [-0.3, -0.25) is 9.59 Å². The maximum absolute atomic E-state index is 12.1. The molecule has 0 saturated carbocycles. The molecule has 0 aliphatic rings. The van der Waals surface area contributed by atoms with Gasteiger partial charge in [0.1, 0.15) is 0 Å². The van der Waals surface area contributed by atoms with Crippen LogP contribution in [0.15, 0.2) is 42.5 Å². The highest BCUT2D eigenvalue weighted by Crippen LogP contribution is 2.36. The van der Waals surface area contributed by atoms with Gasteiger partial charge in [-0.1, -0.05) is 18.5 Å². The summed E-state index contributed by atoms with van der Waals surface area (Å²) in [7, 11) is 1.54. The summed E-state index contributed by atoms with van der Waals surface area (Å²) >= 11 is 6.28. The van der Waals surface area contributed by atoms with Crippen molar-refractivity contribution in [3.8, 4) is 11.5 Å². The fourth-order valence-electron chi connectivity index (χ4n) is 2.38. The predicted octanol–water partition coefficient (Wildman–Crippen LogP) is 4.75. The van der Waals surface area contributed by atoms with Crippen LogP contribution in [-0.4, -0.2) is 25.5 Å². The number of ether oxygens (including phenoxy) is 2. The van der Waals surface area contributed by atoms with Gasteiger partial charge in [0.05, 0.1) is 18.7 Å². The van der Waals surface area contributed by atoms with Crippen LogP contribution in [-0.2, 0) is 9.59 Å². The fourth-order valence-corrected chi connectivity index (χ4v) is 2.65. The Kier molecular flexibility index (Phi) is 7.89. The quantitative estimate of drug-likeness (QED) is 0.625. The van der Waals surface area contributed by atoms with Gasteiger partial charge in [0.15, 0.2) is 11.5 Å². The smallest absolute Gasteiger partial charge is 0.248 e. The number of benzene rings is 2. The molecule has 28 heavy (non-hydrogen) atoms. The van der Waals surface area contributed by atoms with Crippen LogP contribution in [0.2, 0.25) is 5.02 Å². The third kappa shape index (κ3) is 6.32. The molecule has 0 saturated heterocycles. The maximum atomic E-state index is 12.1. The van der Waals surface area contributed by atoms with Crippen molar-refractivity contribution >= 4 is 40.9 Å². The third-order valence-corrected chi connectivity index (χ3v) is 3.88. The number of anilines is 2. The van der Waals surface area contributed by atoms with E-state index in [9.17, 15) is 9.59 Å². The van der Waals surface area contributed by atoms with Gasteiger partial charge in [0, 0.05) is 24.4 Å². The summed E-state index contributed by atoms with van der Waals surface area (Å²) in [6, 6.07) is 10.3. The molecule has 0 fully saturated rings. The molecule has 2 rings (SSSR count). The summed E-state index contributed by atoms with van der Waals surface area (Å²) in [6.07, 6.45) is 3.89. The second kappa shape index (κ2) is 10.4. The molecule has 7 heteroatoms. The molecule has 0 aliphatic carbocycles. The average Bonchev–Trinajstić information content (AvgIpc) is 2.66. The van der Waals surface area contributed by atoms with Crippen LogP contribution < -0.4 is 20.1 Å². The molecule has 2 amide bonds. The molecule has 2 aromatic rings. The van der Waals surface area contributed by atoms with Gasteiger partial charge in [-0.05, 0) is 54.5 Å². The largest absolute Gasteiger partial charge is 0.493 e. The van der Waals surface area contributed by atoms with E-state index in [1.165, 1.54) is 20.1 Å². The molecule has 0 aliphatic heterocycles. The summed E-state index contributed by atoms with van der Waals surface area (Å²) in [6.45, 7) is 3.97. The van der Waals surface area contributed by atoms with Crippen LogP contribution in [0.3, 0.4) is 0 Å². The number of carbonyl (C=O) groups is 2. The molecular formula is C21H23ClN2O4. The first kappa shape index (κ1) is 21.3. The SMILES string of the molecule is CCCOc1c(Cl)cc(/C=C/C(=O)Nc2ccc(NC(C)=O)cc2)cc1OC. The van der Waals surface area contributed by atoms with Crippen molar-refractivity contribution in [2.75, 3.05) is 24.4 Å². The Balaban J connectivity index is 2.05. The molecule has 0 spiro atoms. The number of amides is 2. The number of halogens is 1. The number of methoxy groups -OCH3 is 1. The van der Waals surface area contributed by atoms with E-state index in [-0.39, 0.29) is 11.8 Å². The van der Waals surface area contributed by atoms with E-state index in [4.69, 9.17) is 21.1 Å². The van der Waals surface area contributed by atoms with E-state index in [2.05, 4.69) is 10.6 Å². The molecule has 0 heterocycles. The minimum Gasteiger partial charge on any atom is -0.493 e. The van der Waals surface area contributed by atoms with Gasteiger partial charge in [0.25, 0.3) is 0 Å². The standard InChI is InChI=1S/C21H23ClN2O4/c1-4-11-28-21-18(22)12-15(13-19(21)27-3)5-10-20(26)24-17-8-6-16(7-9-17)23-14(2)25/h5-10,12-13H,4,11H2,1-3H3,(H,23,25)(H,24,26)/b10-5+. The first-order valence-electron chi connectivity index (χ1n) is 8.80. The van der Waals surface area contributed by atoms with E-state index in [0.29, 0.717) is 40.1 Å². The van der Waals surface area contributed by atoms with Gasteiger partial charge in [-0.2, -0.15) is 0 Å². The molecule has 6 nitrogen and oxygen atoms in total. The van der Waals surface area contributed by atoms with Crippen LogP contribution in [0.1, 0.15) is 25.8 Å². The van der Waals surface area contributed by atoms with E-state index in [1.807, 2.05) is 6.92 Å². The zero-order valence-electron chi connectivity index (χ0n) is 16.0. The van der Waals surface area contributed by atoms with Crippen molar-refractivity contribution in [2.24, 2.45) is 0 Å². The topological polar surface area (TPSA) is 76.7 Å². The Morgan fingerprint density at radius 2 is 1.75 bits per heavy atom. The van der Waals surface area contributed by atoms with Crippen molar-refractivity contribution in [2.45, 2.75) is 20.3 Å². The maximum Gasteiger partial charge on any atom is 0.248 e. The summed E-state index contributed by atoms with van der Waals surface area (Å²) in [5.74, 6) is 0.551. The summed E-state index contributed by atoms with van der Waals surface area (Å²) in [4.78, 5) is 23.2. The Morgan fingerprint density at radius 1 is 1.11 bits per heavy atom. The van der Waals surface area contributed by atoms with Crippen LogP contribution in [0.4, 0.5) is 11.4 Å². The van der Waals surface area contributed by atoms with Crippen LogP contribution in [0.5, 0.6) is 11.5 Å². The second-order valence-corrected chi connectivity index (χ2v) is 6.37. The fraction of sp³-hybridized carbons (Fsp3) is 0.238. The molecule has 2 aromatic carbocycles. The molecule has 0 aromatic heterocycles. The highest BCUT2D eigenvalue weighted by molar-refractivity contribution is 6.32. The van der Waals surface area contributed by atoms with E-state index in [0.717, 1.165) is 6.42 Å². The lowest BCUT2D eigenvalue weighted by molar-refractivity contribution is -0.114. The average molecular weight is 403 g/mol. The minimum absolute atomic E-state index is 0.153. The van der Waals surface area contributed by atoms with Crippen molar-refractivity contribution in [3.63, 3.8) is 0 Å². The van der Waals surface area contributed by atoms with Crippen LogP contribution >= 0.6 is 11.6 Å². The van der Waals surface area contributed by atoms with Gasteiger partial charge in [-0.25, -0.2) is 0 Å². The molecule has 148 valence electrons. The van der Waals surface area contributed by atoms with Crippen LogP contribution in [0, 0.1) is 0 Å². The Morgan fingerprint density at radius 3 is 2.32 bits per heavy atom. The lowest BCUT2D eigenvalue weighted by Crippen LogP contribution is -2.08. The van der Waals surface area contributed by atoms with E-state index < -0.39 is 0 Å². The minimum atomic E-state index is -0.298. The molecule has 0 radical (unpaired) electrons. The van der Waals surface area contributed by atoms with Crippen molar-refractivity contribution in [1.82, 2.24) is 0 Å². The first-order chi connectivity index (χ1) is 13.4. The lowest BCUT2D eigenvalue weighted by Gasteiger charge is -2.12. The first-order valence-corrected chi connectivity index (χ1v) is 9.17. The molecule has 0 unspecified atom stereocenters. The van der Waals surface area contributed by atoms with Crippen molar-refractivity contribution in [1.29, 1.82) is 0 Å². The van der Waals surface area contributed by atoms with Gasteiger partial charge >= 0.3 is 0 Å². The monoisotopic (exact) mass is 402 g/mol. The Hall–Kier alpha value is -2.99. The molecule has 0 bridgehead atoms. The molecular weight excluding hydrogens is 380 g/mol. The normalized spacial score (nSPS) is 10.6. The predicted molar refractivity (Wildman–Crippen MR) is 112 cm³/mol. The van der Waals surface area contributed by atoms with Gasteiger partial charge in [0.2, 0.25) is 11.8 Å². The van der Waals surface area contributed by atoms with Gasteiger partial charge in [-0.15, -0.1) is 0 Å². The second-order valence-electron chi connectivity index (χ2n) is 5.96. The highest BCUT2D eigenvalue weighted by atomic mass is 35.5. The number of hydrogen-bond acceptors (Lipinski definition) is 4. The zero-order valence-corrected chi connectivity index (χ0v) is 16.8. The zero-order chi connectivity index (χ0) is 20.5. The van der Waals surface area contributed by atoms with E-state index in [1.54, 1.807) is 42.5 Å². The number of hydrogen-bond donors (Lipinski definition) is 2. The van der Waals surface area contributed by atoms with E-state index >= 15 is 0 Å². The molecule has 2 N–H and O–H groups in total.